The minimum absolute atomic E-state index is 0.115. The van der Waals surface area contributed by atoms with Gasteiger partial charge in [-0.1, -0.05) is 0 Å². The maximum atomic E-state index is 12.6. The number of amides is 2. The molecule has 0 unspecified atom stereocenters. The Hall–Kier alpha value is -2.45. The third-order valence-electron chi connectivity index (χ3n) is 4.46. The number of esters is 1. The van der Waals surface area contributed by atoms with Crippen molar-refractivity contribution in [2.45, 2.75) is 24.9 Å². The maximum Gasteiger partial charge on any atom is 0.307 e. The molecule has 0 radical (unpaired) electrons. The second kappa shape index (κ2) is 9.30. The molecule has 0 aliphatic carbocycles. The zero-order valence-electron chi connectivity index (χ0n) is 15.1. The molecule has 0 atom stereocenters. The predicted octanol–water partition coefficient (Wildman–Crippen LogP) is 0.687. The largest absolute Gasteiger partial charge is 0.469 e. The van der Waals surface area contributed by atoms with E-state index in [1.54, 1.807) is 31.4 Å². The van der Waals surface area contributed by atoms with Gasteiger partial charge in [0, 0.05) is 24.9 Å². The van der Waals surface area contributed by atoms with Crippen LogP contribution in [0.3, 0.4) is 0 Å². The predicted molar refractivity (Wildman–Crippen MR) is 95.9 cm³/mol. The van der Waals surface area contributed by atoms with Gasteiger partial charge in [-0.25, -0.2) is 0 Å². The summed E-state index contributed by atoms with van der Waals surface area (Å²) in [6.07, 6.45) is 1.33. The number of piperidine rings is 1. The number of ether oxygens (including phenoxy) is 2. The molecule has 0 saturated carbocycles. The zero-order chi connectivity index (χ0) is 19.0. The number of nitrogens with one attached hydrogen (secondary N) is 3. The molecule has 8 nitrogen and oxygen atoms in total. The van der Waals surface area contributed by atoms with Gasteiger partial charge in [-0.05, 0) is 50.2 Å². The SMILES string of the molecule is COC(=O)CCNC(=O)c1ccc(NC(=O)C2(OC)CCNCC2)cc1. The van der Waals surface area contributed by atoms with Crippen molar-refractivity contribution >= 4 is 23.5 Å². The lowest BCUT2D eigenvalue weighted by Gasteiger charge is -2.34. The molecule has 1 aromatic rings. The molecule has 0 aromatic heterocycles. The molecule has 2 amide bonds. The second-order valence-electron chi connectivity index (χ2n) is 6.06. The molecule has 3 N–H and O–H groups in total. The van der Waals surface area contributed by atoms with Crippen LogP contribution in [0.2, 0.25) is 0 Å². The number of hydrogen-bond acceptors (Lipinski definition) is 6. The van der Waals surface area contributed by atoms with Crippen LogP contribution in [0.4, 0.5) is 5.69 Å². The van der Waals surface area contributed by atoms with E-state index in [9.17, 15) is 14.4 Å². The highest BCUT2D eigenvalue weighted by molar-refractivity contribution is 5.98. The van der Waals surface area contributed by atoms with Gasteiger partial charge in [0.25, 0.3) is 11.8 Å². The second-order valence-corrected chi connectivity index (χ2v) is 6.06. The molecule has 0 spiro atoms. The highest BCUT2D eigenvalue weighted by Crippen LogP contribution is 2.24. The molecule has 26 heavy (non-hydrogen) atoms. The first kappa shape index (κ1) is 19.9. The number of hydrogen-bond donors (Lipinski definition) is 3. The van der Waals surface area contributed by atoms with Crippen molar-refractivity contribution in [2.24, 2.45) is 0 Å². The average molecular weight is 363 g/mol. The third kappa shape index (κ3) is 5.03. The van der Waals surface area contributed by atoms with E-state index in [-0.39, 0.29) is 30.7 Å². The van der Waals surface area contributed by atoms with E-state index < -0.39 is 5.60 Å². The highest BCUT2D eigenvalue weighted by Gasteiger charge is 2.39. The van der Waals surface area contributed by atoms with Crippen molar-refractivity contribution < 1.29 is 23.9 Å². The van der Waals surface area contributed by atoms with E-state index in [1.165, 1.54) is 7.11 Å². The Morgan fingerprint density at radius 3 is 2.35 bits per heavy atom. The number of rotatable bonds is 7. The minimum Gasteiger partial charge on any atom is -0.469 e. The first-order chi connectivity index (χ1) is 12.5. The smallest absolute Gasteiger partial charge is 0.307 e. The van der Waals surface area contributed by atoms with Gasteiger partial charge in [0.2, 0.25) is 0 Å². The molecule has 142 valence electrons. The summed E-state index contributed by atoms with van der Waals surface area (Å²) in [7, 11) is 2.85. The summed E-state index contributed by atoms with van der Waals surface area (Å²) in [5.41, 5.74) is 0.210. The van der Waals surface area contributed by atoms with Crippen LogP contribution in [-0.2, 0) is 19.1 Å². The van der Waals surface area contributed by atoms with Crippen molar-refractivity contribution in [3.05, 3.63) is 29.8 Å². The van der Waals surface area contributed by atoms with Gasteiger partial charge in [-0.3, -0.25) is 14.4 Å². The van der Waals surface area contributed by atoms with Crippen LogP contribution < -0.4 is 16.0 Å². The Morgan fingerprint density at radius 2 is 1.77 bits per heavy atom. The van der Waals surface area contributed by atoms with E-state index in [0.717, 1.165) is 13.1 Å². The lowest BCUT2D eigenvalue weighted by atomic mass is 9.91. The summed E-state index contributed by atoms with van der Waals surface area (Å²) in [6, 6.07) is 6.56. The van der Waals surface area contributed by atoms with Gasteiger partial charge in [0.15, 0.2) is 0 Å². The lowest BCUT2D eigenvalue weighted by Crippen LogP contribution is -2.51. The van der Waals surface area contributed by atoms with Crippen molar-refractivity contribution in [3.8, 4) is 0 Å². The Labute approximate surface area is 152 Å². The number of carbonyl (C=O) groups excluding carboxylic acids is 3. The van der Waals surface area contributed by atoms with E-state index in [0.29, 0.717) is 24.1 Å². The molecule has 1 fully saturated rings. The summed E-state index contributed by atoms with van der Waals surface area (Å²) >= 11 is 0. The first-order valence-electron chi connectivity index (χ1n) is 8.53. The van der Waals surface area contributed by atoms with Gasteiger partial charge in [-0.2, -0.15) is 0 Å². The van der Waals surface area contributed by atoms with E-state index in [2.05, 4.69) is 20.7 Å². The van der Waals surface area contributed by atoms with Crippen molar-refractivity contribution in [1.82, 2.24) is 10.6 Å². The Bertz CT molecular complexity index is 639. The normalized spacial score (nSPS) is 15.8. The maximum absolute atomic E-state index is 12.6. The molecule has 1 heterocycles. The Morgan fingerprint density at radius 1 is 1.12 bits per heavy atom. The van der Waals surface area contributed by atoms with Crippen LogP contribution in [-0.4, -0.2) is 57.2 Å². The molecular weight excluding hydrogens is 338 g/mol. The third-order valence-corrected chi connectivity index (χ3v) is 4.46. The van der Waals surface area contributed by atoms with Crippen LogP contribution in [0.5, 0.6) is 0 Å². The fourth-order valence-corrected chi connectivity index (χ4v) is 2.79. The molecule has 1 aliphatic heterocycles. The minimum atomic E-state index is -0.824. The summed E-state index contributed by atoms with van der Waals surface area (Å²) in [6.45, 7) is 1.66. The molecule has 2 rings (SSSR count). The van der Waals surface area contributed by atoms with Crippen LogP contribution in [0.1, 0.15) is 29.6 Å². The Balaban J connectivity index is 1.91. The monoisotopic (exact) mass is 363 g/mol. The fraction of sp³-hybridized carbons (Fsp3) is 0.500. The molecular formula is C18H25N3O5. The fourth-order valence-electron chi connectivity index (χ4n) is 2.79. The number of carbonyl (C=O) groups is 3. The van der Waals surface area contributed by atoms with Crippen molar-refractivity contribution in [1.29, 1.82) is 0 Å². The van der Waals surface area contributed by atoms with Crippen molar-refractivity contribution in [2.75, 3.05) is 39.2 Å². The number of benzene rings is 1. The molecule has 8 heteroatoms. The highest BCUT2D eigenvalue weighted by atomic mass is 16.5. The molecule has 1 saturated heterocycles. The van der Waals surface area contributed by atoms with Crippen LogP contribution in [0, 0.1) is 0 Å². The van der Waals surface area contributed by atoms with Crippen LogP contribution in [0.15, 0.2) is 24.3 Å². The summed E-state index contributed by atoms with van der Waals surface area (Å²) < 4.78 is 10.0. The molecule has 1 aromatic carbocycles. The van der Waals surface area contributed by atoms with E-state index in [4.69, 9.17) is 4.74 Å². The number of anilines is 1. The van der Waals surface area contributed by atoms with Crippen LogP contribution >= 0.6 is 0 Å². The summed E-state index contributed by atoms with van der Waals surface area (Å²) in [4.78, 5) is 35.6. The van der Waals surface area contributed by atoms with Crippen molar-refractivity contribution in [3.63, 3.8) is 0 Å². The van der Waals surface area contributed by atoms with Crippen LogP contribution in [0.25, 0.3) is 0 Å². The van der Waals surface area contributed by atoms with E-state index >= 15 is 0 Å². The average Bonchev–Trinajstić information content (AvgIpc) is 2.68. The zero-order valence-corrected chi connectivity index (χ0v) is 15.1. The van der Waals surface area contributed by atoms with Gasteiger partial charge in [0.1, 0.15) is 5.60 Å². The quantitative estimate of drug-likeness (QED) is 0.616. The number of methoxy groups -OCH3 is 2. The summed E-state index contributed by atoms with van der Waals surface area (Å²) in [5.74, 6) is -0.858. The first-order valence-corrected chi connectivity index (χ1v) is 8.53. The molecule has 1 aliphatic rings. The van der Waals surface area contributed by atoms with Gasteiger partial charge in [-0.15, -0.1) is 0 Å². The molecule has 0 bridgehead atoms. The van der Waals surface area contributed by atoms with Gasteiger partial charge in [0.05, 0.1) is 13.5 Å². The lowest BCUT2D eigenvalue weighted by molar-refractivity contribution is -0.141. The van der Waals surface area contributed by atoms with E-state index in [1.807, 2.05) is 0 Å². The van der Waals surface area contributed by atoms with Gasteiger partial charge >= 0.3 is 5.97 Å². The van der Waals surface area contributed by atoms with Gasteiger partial charge < -0.3 is 25.4 Å². The topological polar surface area (TPSA) is 106 Å². The standard InChI is InChI=1S/C18H25N3O5/c1-25-15(22)7-10-20-16(23)13-3-5-14(6-4-13)21-17(24)18(26-2)8-11-19-12-9-18/h3-6,19H,7-12H2,1-2H3,(H,20,23)(H,21,24). The summed E-state index contributed by atoms with van der Waals surface area (Å²) in [5, 5.41) is 8.69. The Kier molecular flexibility index (Phi) is 7.11.